The summed E-state index contributed by atoms with van der Waals surface area (Å²) >= 11 is 0. The minimum atomic E-state index is 0.534. The van der Waals surface area contributed by atoms with Crippen LogP contribution in [0.25, 0.3) is 0 Å². The van der Waals surface area contributed by atoms with E-state index in [1.807, 2.05) is 6.21 Å². The van der Waals surface area contributed by atoms with Gasteiger partial charge in [-0.25, -0.2) is 0 Å². The van der Waals surface area contributed by atoms with Crippen molar-refractivity contribution in [1.29, 1.82) is 0 Å². The van der Waals surface area contributed by atoms with Gasteiger partial charge in [-0.3, -0.25) is 4.99 Å². The molecule has 0 aromatic rings. The maximum Gasteiger partial charge on any atom is 0.0497 e. The Morgan fingerprint density at radius 3 is 2.53 bits per heavy atom. The van der Waals surface area contributed by atoms with Crippen LogP contribution in [0.3, 0.4) is 0 Å². The van der Waals surface area contributed by atoms with E-state index in [2.05, 4.69) is 38.8 Å². The minimum absolute atomic E-state index is 0.534. The second kappa shape index (κ2) is 7.68. The van der Waals surface area contributed by atoms with E-state index in [0.717, 1.165) is 11.8 Å². The van der Waals surface area contributed by atoms with Crippen LogP contribution in [0.2, 0.25) is 0 Å². The Labute approximate surface area is 107 Å². The summed E-state index contributed by atoms with van der Waals surface area (Å²) in [6.07, 6.45) is 12.3. The fourth-order valence-corrected chi connectivity index (χ4v) is 2.22. The molecule has 2 unspecified atom stereocenters. The van der Waals surface area contributed by atoms with Gasteiger partial charge < -0.3 is 0 Å². The molecule has 0 N–H and O–H groups in total. The van der Waals surface area contributed by atoms with Crippen molar-refractivity contribution in [3.8, 4) is 0 Å². The van der Waals surface area contributed by atoms with Crippen molar-refractivity contribution in [3.63, 3.8) is 0 Å². The van der Waals surface area contributed by atoms with Crippen molar-refractivity contribution in [2.24, 2.45) is 16.8 Å². The summed E-state index contributed by atoms with van der Waals surface area (Å²) in [6.45, 7) is 8.89. The largest absolute Gasteiger partial charge is 0.290 e. The molecule has 1 nitrogen and oxygen atoms in total. The highest BCUT2D eigenvalue weighted by Gasteiger charge is 2.23. The Bertz CT molecular complexity index is 257. The van der Waals surface area contributed by atoms with E-state index in [-0.39, 0.29) is 0 Å². The van der Waals surface area contributed by atoms with Crippen molar-refractivity contribution in [3.05, 3.63) is 11.6 Å². The third-order valence-electron chi connectivity index (χ3n) is 3.60. The molecule has 1 saturated carbocycles. The molecule has 0 radical (unpaired) electrons. The predicted molar refractivity (Wildman–Crippen MR) is 77.7 cm³/mol. The fourth-order valence-electron chi connectivity index (χ4n) is 2.22. The van der Waals surface area contributed by atoms with Crippen LogP contribution in [0.5, 0.6) is 0 Å². The van der Waals surface area contributed by atoms with Crippen LogP contribution in [0, 0.1) is 11.8 Å². The van der Waals surface area contributed by atoms with Gasteiger partial charge in [0, 0.05) is 12.3 Å². The highest BCUT2D eigenvalue weighted by Crippen LogP contribution is 2.36. The summed E-state index contributed by atoms with van der Waals surface area (Å²) in [4.78, 5) is 4.65. The standard InChI is InChI=1S/C16H29N/c1-5-16(17-11-10-13(2)3)9-6-14(4)12-15-7-8-15/h10-11,14-16H,5-9,12H2,1-4H3/b17-11-. The lowest BCUT2D eigenvalue weighted by atomic mass is 9.96. The number of hydrogen-bond acceptors (Lipinski definition) is 1. The van der Waals surface area contributed by atoms with Crippen molar-refractivity contribution < 1.29 is 0 Å². The van der Waals surface area contributed by atoms with Crippen molar-refractivity contribution in [1.82, 2.24) is 0 Å². The first kappa shape index (κ1) is 14.5. The van der Waals surface area contributed by atoms with Gasteiger partial charge in [-0.1, -0.05) is 32.3 Å². The average molecular weight is 235 g/mol. The fraction of sp³-hybridized carbons (Fsp3) is 0.812. The Morgan fingerprint density at radius 2 is 2.00 bits per heavy atom. The first-order valence-electron chi connectivity index (χ1n) is 7.28. The van der Waals surface area contributed by atoms with Gasteiger partial charge in [-0.2, -0.15) is 0 Å². The van der Waals surface area contributed by atoms with Gasteiger partial charge in [0.05, 0.1) is 0 Å². The normalized spacial score (nSPS) is 19.3. The Kier molecular flexibility index (Phi) is 6.54. The first-order chi connectivity index (χ1) is 8.11. The zero-order chi connectivity index (χ0) is 12.7. The summed E-state index contributed by atoms with van der Waals surface area (Å²) in [7, 11) is 0. The molecule has 17 heavy (non-hydrogen) atoms. The SMILES string of the molecule is CCC(CCC(C)CC1CC1)/N=C\C=C(C)C. The van der Waals surface area contributed by atoms with Gasteiger partial charge in [-0.15, -0.1) is 0 Å². The molecule has 98 valence electrons. The van der Waals surface area contributed by atoms with Gasteiger partial charge >= 0.3 is 0 Å². The van der Waals surface area contributed by atoms with Crippen LogP contribution in [0.1, 0.15) is 66.2 Å². The molecular formula is C16H29N. The lowest BCUT2D eigenvalue weighted by Gasteiger charge is -2.14. The predicted octanol–water partition coefficient (Wildman–Crippen LogP) is 5.02. The molecule has 1 heteroatoms. The van der Waals surface area contributed by atoms with Crippen LogP contribution >= 0.6 is 0 Å². The lowest BCUT2D eigenvalue weighted by Crippen LogP contribution is -2.06. The van der Waals surface area contributed by atoms with E-state index in [0.29, 0.717) is 6.04 Å². The van der Waals surface area contributed by atoms with Crippen molar-refractivity contribution in [2.75, 3.05) is 0 Å². The van der Waals surface area contributed by atoms with E-state index < -0.39 is 0 Å². The topological polar surface area (TPSA) is 12.4 Å². The quantitative estimate of drug-likeness (QED) is 0.524. The Hall–Kier alpha value is -0.590. The zero-order valence-electron chi connectivity index (χ0n) is 12.1. The molecule has 1 rings (SSSR count). The lowest BCUT2D eigenvalue weighted by molar-refractivity contribution is 0.421. The van der Waals surface area contributed by atoms with E-state index in [4.69, 9.17) is 0 Å². The Balaban J connectivity index is 2.20. The molecule has 0 aliphatic heterocycles. The highest BCUT2D eigenvalue weighted by atomic mass is 14.8. The number of nitrogens with zero attached hydrogens (tertiary/aromatic N) is 1. The monoisotopic (exact) mass is 235 g/mol. The third kappa shape index (κ3) is 7.36. The van der Waals surface area contributed by atoms with E-state index in [1.54, 1.807) is 0 Å². The number of aliphatic imine (C=N–C) groups is 1. The van der Waals surface area contributed by atoms with Gasteiger partial charge in [0.15, 0.2) is 0 Å². The van der Waals surface area contributed by atoms with Gasteiger partial charge in [0.2, 0.25) is 0 Å². The minimum Gasteiger partial charge on any atom is -0.290 e. The summed E-state index contributed by atoms with van der Waals surface area (Å²) in [6, 6.07) is 0.534. The molecule has 1 fully saturated rings. The molecule has 0 bridgehead atoms. The van der Waals surface area contributed by atoms with Gasteiger partial charge in [0.25, 0.3) is 0 Å². The van der Waals surface area contributed by atoms with E-state index >= 15 is 0 Å². The average Bonchev–Trinajstić information content (AvgIpc) is 3.06. The van der Waals surface area contributed by atoms with Crippen LogP contribution in [0.4, 0.5) is 0 Å². The van der Waals surface area contributed by atoms with Crippen molar-refractivity contribution in [2.45, 2.75) is 72.3 Å². The number of hydrogen-bond donors (Lipinski definition) is 0. The number of rotatable bonds is 8. The molecule has 1 aliphatic carbocycles. The highest BCUT2D eigenvalue weighted by molar-refractivity contribution is 5.72. The van der Waals surface area contributed by atoms with E-state index in [1.165, 1.54) is 44.1 Å². The van der Waals surface area contributed by atoms with Crippen molar-refractivity contribution >= 4 is 6.21 Å². The third-order valence-corrected chi connectivity index (χ3v) is 3.60. The van der Waals surface area contributed by atoms with E-state index in [9.17, 15) is 0 Å². The molecule has 0 aromatic heterocycles. The molecule has 0 aromatic carbocycles. The second-order valence-electron chi connectivity index (χ2n) is 5.97. The molecule has 0 amide bonds. The summed E-state index contributed by atoms with van der Waals surface area (Å²) < 4.78 is 0. The molecule has 0 heterocycles. The zero-order valence-corrected chi connectivity index (χ0v) is 12.1. The number of allylic oxidation sites excluding steroid dienone is 2. The van der Waals surface area contributed by atoms with Crippen LogP contribution in [-0.2, 0) is 0 Å². The summed E-state index contributed by atoms with van der Waals surface area (Å²) in [5, 5.41) is 0. The van der Waals surface area contributed by atoms with Crippen LogP contribution in [-0.4, -0.2) is 12.3 Å². The second-order valence-corrected chi connectivity index (χ2v) is 5.97. The molecule has 0 spiro atoms. The van der Waals surface area contributed by atoms with Crippen LogP contribution < -0.4 is 0 Å². The molecule has 2 atom stereocenters. The maximum atomic E-state index is 4.65. The first-order valence-corrected chi connectivity index (χ1v) is 7.28. The Morgan fingerprint density at radius 1 is 1.29 bits per heavy atom. The van der Waals surface area contributed by atoms with Gasteiger partial charge in [0.1, 0.15) is 0 Å². The molecule has 1 aliphatic rings. The maximum absolute atomic E-state index is 4.65. The molecule has 0 saturated heterocycles. The summed E-state index contributed by atoms with van der Waals surface area (Å²) in [5.74, 6) is 1.97. The molecular weight excluding hydrogens is 206 g/mol. The van der Waals surface area contributed by atoms with Gasteiger partial charge in [-0.05, 0) is 57.4 Å². The smallest absolute Gasteiger partial charge is 0.0497 e. The van der Waals surface area contributed by atoms with Crippen LogP contribution in [0.15, 0.2) is 16.6 Å². The summed E-state index contributed by atoms with van der Waals surface area (Å²) in [5.41, 5.74) is 1.32.